The fourth-order valence-electron chi connectivity index (χ4n) is 2.64. The maximum atomic E-state index is 12.7. The molecule has 2 saturated heterocycles. The van der Waals surface area contributed by atoms with Crippen LogP contribution in [0.4, 0.5) is 0 Å². The van der Waals surface area contributed by atoms with Crippen molar-refractivity contribution in [3.05, 3.63) is 11.6 Å². The first-order chi connectivity index (χ1) is 10.1. The number of amides is 2. The van der Waals surface area contributed by atoms with Gasteiger partial charge in [-0.1, -0.05) is 13.0 Å². The zero-order chi connectivity index (χ0) is 15.2. The molecule has 2 fully saturated rings. The Morgan fingerprint density at radius 2 is 2.05 bits per heavy atom. The standard InChI is InChI=1S/C15H24N2O2S2/c1-3-5-12(2)14(18)17-11-21-10-13(17)15(19)16-6-4-8-20-9-7-16/h5,13H,3-4,6-11H2,1-2H3/b12-5-/t13-/m1/s1. The van der Waals surface area contributed by atoms with Gasteiger partial charge in [0.15, 0.2) is 0 Å². The third-order valence-electron chi connectivity index (χ3n) is 3.81. The van der Waals surface area contributed by atoms with Crippen molar-refractivity contribution in [2.24, 2.45) is 0 Å². The number of nitrogens with zero attached hydrogens (tertiary/aromatic N) is 2. The van der Waals surface area contributed by atoms with E-state index in [1.807, 2.05) is 36.6 Å². The van der Waals surface area contributed by atoms with Gasteiger partial charge in [0.1, 0.15) is 6.04 Å². The quantitative estimate of drug-likeness (QED) is 0.745. The first-order valence-corrected chi connectivity index (χ1v) is 9.88. The van der Waals surface area contributed by atoms with Gasteiger partial charge >= 0.3 is 0 Å². The van der Waals surface area contributed by atoms with E-state index in [0.29, 0.717) is 5.88 Å². The van der Waals surface area contributed by atoms with Gasteiger partial charge in [-0.05, 0) is 25.5 Å². The lowest BCUT2D eigenvalue weighted by Gasteiger charge is -2.29. The second-order valence-corrected chi connectivity index (χ2v) is 7.60. The molecule has 0 aliphatic carbocycles. The highest BCUT2D eigenvalue weighted by molar-refractivity contribution is 7.99. The molecule has 0 aromatic carbocycles. The summed E-state index contributed by atoms with van der Waals surface area (Å²) in [5, 5.41) is 0. The zero-order valence-corrected chi connectivity index (χ0v) is 14.5. The van der Waals surface area contributed by atoms with Crippen molar-refractivity contribution in [1.29, 1.82) is 0 Å². The van der Waals surface area contributed by atoms with E-state index in [2.05, 4.69) is 0 Å². The lowest BCUT2D eigenvalue weighted by atomic mass is 10.1. The number of carbonyl (C=O) groups excluding carboxylic acids is 2. The van der Waals surface area contributed by atoms with Crippen LogP contribution in [0.5, 0.6) is 0 Å². The summed E-state index contributed by atoms with van der Waals surface area (Å²) in [6.45, 7) is 5.52. The molecular weight excluding hydrogens is 304 g/mol. The molecule has 2 amide bonds. The average molecular weight is 329 g/mol. The number of thioether (sulfide) groups is 2. The number of rotatable bonds is 3. The summed E-state index contributed by atoms with van der Waals surface area (Å²) >= 11 is 3.59. The Morgan fingerprint density at radius 1 is 1.24 bits per heavy atom. The lowest BCUT2D eigenvalue weighted by molar-refractivity contribution is -0.141. The predicted octanol–water partition coefficient (Wildman–Crippen LogP) is 2.21. The molecule has 2 aliphatic heterocycles. The molecule has 0 spiro atoms. The molecule has 0 radical (unpaired) electrons. The molecule has 2 aliphatic rings. The Kier molecular flexibility index (Phi) is 6.48. The molecule has 4 nitrogen and oxygen atoms in total. The Balaban J connectivity index is 2.05. The van der Waals surface area contributed by atoms with Crippen molar-refractivity contribution in [3.8, 4) is 0 Å². The van der Waals surface area contributed by atoms with Crippen molar-refractivity contribution in [3.63, 3.8) is 0 Å². The van der Waals surface area contributed by atoms with E-state index in [1.165, 1.54) is 0 Å². The Labute approximate surface area is 135 Å². The molecule has 21 heavy (non-hydrogen) atoms. The van der Waals surface area contributed by atoms with Gasteiger partial charge in [-0.15, -0.1) is 11.8 Å². The highest BCUT2D eigenvalue weighted by Crippen LogP contribution is 2.25. The Hall–Kier alpha value is -0.620. The highest BCUT2D eigenvalue weighted by atomic mass is 32.2. The lowest BCUT2D eigenvalue weighted by Crippen LogP contribution is -2.49. The molecule has 1 atom stereocenters. The number of hydrogen-bond acceptors (Lipinski definition) is 4. The minimum Gasteiger partial charge on any atom is -0.340 e. The van der Waals surface area contributed by atoms with E-state index < -0.39 is 0 Å². The molecule has 0 aromatic rings. The maximum Gasteiger partial charge on any atom is 0.250 e. The van der Waals surface area contributed by atoms with Crippen molar-refractivity contribution < 1.29 is 9.59 Å². The van der Waals surface area contributed by atoms with Crippen molar-refractivity contribution in [2.45, 2.75) is 32.7 Å². The van der Waals surface area contributed by atoms with Crippen LogP contribution in [0.2, 0.25) is 0 Å². The zero-order valence-electron chi connectivity index (χ0n) is 12.8. The average Bonchev–Trinajstić information content (AvgIpc) is 2.80. The van der Waals surface area contributed by atoms with Crippen LogP contribution >= 0.6 is 23.5 Å². The SMILES string of the molecule is CC/C=C(/C)C(=O)N1CSC[C@@H]1C(=O)N1CCCSCC1. The van der Waals surface area contributed by atoms with Crippen LogP contribution in [0.3, 0.4) is 0 Å². The van der Waals surface area contributed by atoms with Crippen LogP contribution < -0.4 is 0 Å². The van der Waals surface area contributed by atoms with Gasteiger partial charge in [0.2, 0.25) is 5.91 Å². The van der Waals surface area contributed by atoms with Crippen LogP contribution in [-0.2, 0) is 9.59 Å². The summed E-state index contributed by atoms with van der Waals surface area (Å²) in [6, 6.07) is -0.272. The first kappa shape index (κ1) is 16.7. The van der Waals surface area contributed by atoms with E-state index in [9.17, 15) is 9.59 Å². The summed E-state index contributed by atoms with van der Waals surface area (Å²) in [6.07, 6.45) is 3.84. The van der Waals surface area contributed by atoms with Gasteiger partial charge in [-0.3, -0.25) is 9.59 Å². The van der Waals surface area contributed by atoms with Crippen LogP contribution in [0.15, 0.2) is 11.6 Å². The fraction of sp³-hybridized carbons (Fsp3) is 0.733. The van der Waals surface area contributed by atoms with E-state index in [0.717, 1.165) is 48.8 Å². The largest absolute Gasteiger partial charge is 0.340 e. The third-order valence-corrected chi connectivity index (χ3v) is 5.87. The Morgan fingerprint density at radius 3 is 2.81 bits per heavy atom. The molecule has 0 saturated carbocycles. The minimum atomic E-state index is -0.272. The maximum absolute atomic E-state index is 12.7. The monoisotopic (exact) mass is 328 g/mol. The summed E-state index contributed by atoms with van der Waals surface area (Å²) in [5.74, 6) is 3.66. The molecule has 0 N–H and O–H groups in total. The third kappa shape index (κ3) is 4.19. The molecule has 2 heterocycles. The van der Waals surface area contributed by atoms with Crippen LogP contribution in [-0.4, -0.2) is 63.9 Å². The smallest absolute Gasteiger partial charge is 0.250 e. The summed E-state index contributed by atoms with van der Waals surface area (Å²) < 4.78 is 0. The van der Waals surface area contributed by atoms with Crippen LogP contribution in [0.1, 0.15) is 26.7 Å². The molecule has 0 bridgehead atoms. The van der Waals surface area contributed by atoms with Gasteiger partial charge < -0.3 is 9.80 Å². The van der Waals surface area contributed by atoms with Gasteiger partial charge in [0, 0.05) is 30.2 Å². The highest BCUT2D eigenvalue weighted by Gasteiger charge is 2.37. The number of allylic oxidation sites excluding steroid dienone is 1. The van der Waals surface area contributed by atoms with Crippen molar-refractivity contribution in [1.82, 2.24) is 9.80 Å². The number of hydrogen-bond donors (Lipinski definition) is 0. The fourth-order valence-corrected chi connectivity index (χ4v) is 4.68. The van der Waals surface area contributed by atoms with Gasteiger partial charge in [0.25, 0.3) is 5.91 Å². The topological polar surface area (TPSA) is 40.6 Å². The van der Waals surface area contributed by atoms with E-state index in [4.69, 9.17) is 0 Å². The Bertz CT molecular complexity index is 418. The molecule has 6 heteroatoms. The van der Waals surface area contributed by atoms with Crippen molar-refractivity contribution >= 4 is 35.3 Å². The minimum absolute atomic E-state index is 0.0180. The van der Waals surface area contributed by atoms with Crippen LogP contribution in [0, 0.1) is 0 Å². The molecule has 2 rings (SSSR count). The molecule has 0 unspecified atom stereocenters. The first-order valence-electron chi connectivity index (χ1n) is 7.57. The summed E-state index contributed by atoms with van der Waals surface area (Å²) in [7, 11) is 0. The second-order valence-electron chi connectivity index (χ2n) is 5.38. The predicted molar refractivity (Wildman–Crippen MR) is 90.5 cm³/mol. The van der Waals surface area contributed by atoms with Crippen molar-refractivity contribution in [2.75, 3.05) is 36.2 Å². The van der Waals surface area contributed by atoms with E-state index in [1.54, 1.807) is 16.7 Å². The van der Waals surface area contributed by atoms with E-state index in [-0.39, 0.29) is 17.9 Å². The normalized spacial score (nSPS) is 24.1. The van der Waals surface area contributed by atoms with E-state index >= 15 is 0 Å². The summed E-state index contributed by atoms with van der Waals surface area (Å²) in [4.78, 5) is 28.9. The van der Waals surface area contributed by atoms with Gasteiger partial charge in [-0.2, -0.15) is 11.8 Å². The molecule has 0 aromatic heterocycles. The van der Waals surface area contributed by atoms with Gasteiger partial charge in [-0.25, -0.2) is 0 Å². The van der Waals surface area contributed by atoms with Crippen LogP contribution in [0.25, 0.3) is 0 Å². The molecule has 118 valence electrons. The number of carbonyl (C=O) groups is 2. The second kappa shape index (κ2) is 8.13. The molecular formula is C15H24N2O2S2. The summed E-state index contributed by atoms with van der Waals surface area (Å²) in [5.41, 5.74) is 0.754. The van der Waals surface area contributed by atoms with Gasteiger partial charge in [0.05, 0.1) is 5.88 Å².